The van der Waals surface area contributed by atoms with E-state index in [1.807, 2.05) is 30.3 Å². The van der Waals surface area contributed by atoms with Crippen molar-refractivity contribution in [3.05, 3.63) is 41.5 Å². The van der Waals surface area contributed by atoms with Gasteiger partial charge in [0, 0.05) is 18.6 Å². The second kappa shape index (κ2) is 5.22. The van der Waals surface area contributed by atoms with E-state index in [4.69, 9.17) is 0 Å². The number of anilines is 2. The second-order valence-corrected chi connectivity index (χ2v) is 4.97. The zero-order valence-corrected chi connectivity index (χ0v) is 11.4. The van der Waals surface area contributed by atoms with Crippen molar-refractivity contribution in [2.45, 2.75) is 0 Å². The molecular formula is C13H11N5OS. The van der Waals surface area contributed by atoms with Crippen LogP contribution in [0.25, 0.3) is 10.9 Å². The third kappa shape index (κ3) is 2.30. The van der Waals surface area contributed by atoms with Gasteiger partial charge in [0.2, 0.25) is 10.1 Å². The van der Waals surface area contributed by atoms with Gasteiger partial charge in [0.15, 0.2) is 0 Å². The van der Waals surface area contributed by atoms with Crippen LogP contribution < -0.4 is 10.6 Å². The topological polar surface area (TPSA) is 79.8 Å². The number of aromatic nitrogens is 3. The van der Waals surface area contributed by atoms with Crippen LogP contribution in [0.4, 0.5) is 10.8 Å². The predicted molar refractivity (Wildman–Crippen MR) is 79.2 cm³/mol. The maximum absolute atomic E-state index is 12.1. The summed E-state index contributed by atoms with van der Waals surface area (Å²) in [5.74, 6) is -0.277. The zero-order chi connectivity index (χ0) is 13.9. The summed E-state index contributed by atoms with van der Waals surface area (Å²) in [5.41, 5.74) is 1.54. The summed E-state index contributed by atoms with van der Waals surface area (Å²) in [5, 5.41) is 15.2. The number of nitrogens with zero attached hydrogens (tertiary/aromatic N) is 3. The van der Waals surface area contributed by atoms with E-state index >= 15 is 0 Å². The van der Waals surface area contributed by atoms with Crippen molar-refractivity contribution >= 4 is 39.0 Å². The van der Waals surface area contributed by atoms with Gasteiger partial charge in [0.1, 0.15) is 0 Å². The zero-order valence-electron chi connectivity index (χ0n) is 10.6. The average molecular weight is 285 g/mol. The van der Waals surface area contributed by atoms with Crippen LogP contribution in [0.2, 0.25) is 0 Å². The van der Waals surface area contributed by atoms with Gasteiger partial charge >= 0.3 is 0 Å². The third-order valence-electron chi connectivity index (χ3n) is 2.73. The van der Waals surface area contributed by atoms with E-state index in [2.05, 4.69) is 25.8 Å². The average Bonchev–Trinajstić information content (AvgIpc) is 2.97. The van der Waals surface area contributed by atoms with Gasteiger partial charge in [-0.15, -0.1) is 10.2 Å². The minimum absolute atomic E-state index is 0.277. The Morgan fingerprint density at radius 3 is 2.90 bits per heavy atom. The first-order valence-corrected chi connectivity index (χ1v) is 6.76. The maximum Gasteiger partial charge on any atom is 0.286 e. The lowest BCUT2D eigenvalue weighted by Crippen LogP contribution is -2.11. The molecule has 0 spiro atoms. The van der Waals surface area contributed by atoms with E-state index < -0.39 is 0 Å². The van der Waals surface area contributed by atoms with Gasteiger partial charge in [0.05, 0.1) is 11.2 Å². The molecule has 1 aromatic carbocycles. The highest BCUT2D eigenvalue weighted by Crippen LogP contribution is 2.23. The molecule has 3 rings (SSSR count). The molecule has 100 valence electrons. The second-order valence-electron chi connectivity index (χ2n) is 3.99. The van der Waals surface area contributed by atoms with E-state index in [1.54, 1.807) is 13.2 Å². The molecule has 0 fully saturated rings. The summed E-state index contributed by atoms with van der Waals surface area (Å²) < 4.78 is 0. The molecule has 0 radical (unpaired) electrons. The molecule has 7 heteroatoms. The quantitative estimate of drug-likeness (QED) is 0.772. The molecule has 2 aromatic heterocycles. The maximum atomic E-state index is 12.1. The fraction of sp³-hybridized carbons (Fsp3) is 0.0769. The van der Waals surface area contributed by atoms with Crippen LogP contribution in [0, 0.1) is 0 Å². The van der Waals surface area contributed by atoms with Crippen LogP contribution in [0.1, 0.15) is 9.80 Å². The standard InChI is InChI=1S/C13H11N5OS/c1-14-13-18-17-12(20-13)11(19)16-10-6-2-5-9-8(10)4-3-7-15-9/h2-7H,1H3,(H,14,18)(H,16,19). The minimum atomic E-state index is -0.277. The monoisotopic (exact) mass is 285 g/mol. The van der Waals surface area contributed by atoms with Crippen molar-refractivity contribution in [2.24, 2.45) is 0 Å². The number of amides is 1. The highest BCUT2D eigenvalue weighted by Gasteiger charge is 2.13. The number of hydrogen-bond acceptors (Lipinski definition) is 6. The SMILES string of the molecule is CNc1nnc(C(=O)Nc2cccc3ncccc23)s1. The molecule has 2 N–H and O–H groups in total. The molecule has 6 nitrogen and oxygen atoms in total. The Morgan fingerprint density at radius 2 is 2.10 bits per heavy atom. The number of nitrogens with one attached hydrogen (secondary N) is 2. The Hall–Kier alpha value is -2.54. The molecule has 2 heterocycles. The predicted octanol–water partition coefficient (Wildman–Crippen LogP) is 2.38. The first-order chi connectivity index (χ1) is 9.78. The summed E-state index contributed by atoms with van der Waals surface area (Å²) in [6.45, 7) is 0. The van der Waals surface area contributed by atoms with Crippen LogP contribution >= 0.6 is 11.3 Å². The number of pyridine rings is 1. The fourth-order valence-electron chi connectivity index (χ4n) is 1.80. The largest absolute Gasteiger partial charge is 0.363 e. The normalized spacial score (nSPS) is 10.4. The van der Waals surface area contributed by atoms with E-state index in [-0.39, 0.29) is 5.91 Å². The number of benzene rings is 1. The number of hydrogen-bond donors (Lipinski definition) is 2. The van der Waals surface area contributed by atoms with Gasteiger partial charge in [0.25, 0.3) is 5.91 Å². The van der Waals surface area contributed by atoms with E-state index in [1.165, 1.54) is 11.3 Å². The number of carbonyl (C=O) groups excluding carboxylic acids is 1. The van der Waals surface area contributed by atoms with Gasteiger partial charge in [-0.1, -0.05) is 17.4 Å². The molecular weight excluding hydrogens is 274 g/mol. The molecule has 20 heavy (non-hydrogen) atoms. The molecule has 0 bridgehead atoms. The molecule has 0 atom stereocenters. The summed E-state index contributed by atoms with van der Waals surface area (Å²) >= 11 is 1.20. The number of rotatable bonds is 3. The first-order valence-electron chi connectivity index (χ1n) is 5.94. The lowest BCUT2D eigenvalue weighted by atomic mass is 10.2. The van der Waals surface area contributed by atoms with Crippen LogP contribution in [-0.4, -0.2) is 28.1 Å². The van der Waals surface area contributed by atoms with Crippen molar-refractivity contribution in [3.63, 3.8) is 0 Å². The van der Waals surface area contributed by atoms with E-state index in [0.717, 1.165) is 10.9 Å². The van der Waals surface area contributed by atoms with Gasteiger partial charge < -0.3 is 10.6 Å². The molecule has 0 aliphatic rings. The molecule has 0 aliphatic carbocycles. The molecule has 0 saturated carbocycles. The van der Waals surface area contributed by atoms with E-state index in [0.29, 0.717) is 15.8 Å². The van der Waals surface area contributed by atoms with Gasteiger partial charge in [-0.3, -0.25) is 9.78 Å². The van der Waals surface area contributed by atoms with E-state index in [9.17, 15) is 4.79 Å². The fourth-order valence-corrected chi connectivity index (χ4v) is 2.40. The Bertz CT molecular complexity index is 765. The number of carbonyl (C=O) groups is 1. The first kappa shape index (κ1) is 12.5. The van der Waals surface area contributed by atoms with Crippen molar-refractivity contribution in [1.82, 2.24) is 15.2 Å². The van der Waals surface area contributed by atoms with Crippen molar-refractivity contribution in [3.8, 4) is 0 Å². The lowest BCUT2D eigenvalue weighted by Gasteiger charge is -2.06. The molecule has 3 aromatic rings. The Balaban J connectivity index is 1.91. The Labute approximate surface area is 118 Å². The summed E-state index contributed by atoms with van der Waals surface area (Å²) in [6, 6.07) is 9.33. The Kier molecular flexibility index (Phi) is 3.26. The van der Waals surface area contributed by atoms with Crippen molar-refractivity contribution in [1.29, 1.82) is 0 Å². The van der Waals surface area contributed by atoms with Crippen LogP contribution in [0.3, 0.4) is 0 Å². The lowest BCUT2D eigenvalue weighted by molar-refractivity contribution is 0.102. The number of fused-ring (bicyclic) bond motifs is 1. The summed E-state index contributed by atoms with van der Waals surface area (Å²) in [6.07, 6.45) is 1.72. The molecule has 0 unspecified atom stereocenters. The minimum Gasteiger partial charge on any atom is -0.363 e. The van der Waals surface area contributed by atoms with Crippen LogP contribution in [-0.2, 0) is 0 Å². The molecule has 1 amide bonds. The summed E-state index contributed by atoms with van der Waals surface area (Å²) in [7, 11) is 1.73. The summed E-state index contributed by atoms with van der Waals surface area (Å²) in [4.78, 5) is 16.4. The van der Waals surface area contributed by atoms with Crippen LogP contribution in [0.15, 0.2) is 36.5 Å². The van der Waals surface area contributed by atoms with Gasteiger partial charge in [-0.25, -0.2) is 0 Å². The molecule has 0 aliphatic heterocycles. The van der Waals surface area contributed by atoms with Crippen molar-refractivity contribution < 1.29 is 4.79 Å². The smallest absolute Gasteiger partial charge is 0.286 e. The van der Waals surface area contributed by atoms with Crippen LogP contribution in [0.5, 0.6) is 0 Å². The molecule has 0 saturated heterocycles. The highest BCUT2D eigenvalue weighted by molar-refractivity contribution is 7.17. The van der Waals surface area contributed by atoms with Gasteiger partial charge in [-0.05, 0) is 24.3 Å². The third-order valence-corrected chi connectivity index (χ3v) is 3.67. The Morgan fingerprint density at radius 1 is 1.20 bits per heavy atom. The van der Waals surface area contributed by atoms with Gasteiger partial charge in [-0.2, -0.15) is 0 Å². The highest BCUT2D eigenvalue weighted by atomic mass is 32.1. The van der Waals surface area contributed by atoms with Crippen molar-refractivity contribution in [2.75, 3.05) is 17.7 Å².